The number of rotatable bonds is 0. The van der Waals surface area contributed by atoms with Gasteiger partial charge in [0.05, 0.1) is 0 Å². The van der Waals surface area contributed by atoms with Crippen LogP contribution in [0.1, 0.15) is 13.8 Å². The first-order valence-corrected chi connectivity index (χ1v) is 1.82. The van der Waals surface area contributed by atoms with Crippen molar-refractivity contribution in [1.82, 2.24) is 6.15 Å². The molecule has 0 aliphatic carbocycles. The van der Waals surface area contributed by atoms with Crippen molar-refractivity contribution in [2.75, 3.05) is 0 Å². The van der Waals surface area contributed by atoms with E-state index in [9.17, 15) is 0 Å². The van der Waals surface area contributed by atoms with Crippen LogP contribution < -0.4 is 33.3 Å². The SMILES string of the molecule is CC(=O)[O-].CC(=O)[O-].N.[Br-].[Co+2].[Mn+2]. The predicted octanol–water partition coefficient (Wildman–Crippen LogP) is -5.33. The van der Waals surface area contributed by atoms with E-state index in [1.54, 1.807) is 0 Å². The zero-order valence-electron chi connectivity index (χ0n) is 6.43. The molecule has 12 heavy (non-hydrogen) atoms. The molecule has 0 aromatic carbocycles. The van der Waals surface area contributed by atoms with Crippen molar-refractivity contribution in [3.63, 3.8) is 0 Å². The number of carboxylic acids is 2. The molecule has 0 atom stereocenters. The number of carbonyl (C=O) groups is 2. The Morgan fingerprint density at radius 3 is 1.00 bits per heavy atom. The molecule has 0 spiro atoms. The number of carbonyl (C=O) groups excluding carboxylic acids is 2. The predicted molar refractivity (Wildman–Crippen MR) is 26.4 cm³/mol. The fraction of sp³-hybridized carbons (Fsp3) is 0.500. The molecule has 0 saturated carbocycles. The van der Waals surface area contributed by atoms with Crippen molar-refractivity contribution in [1.29, 1.82) is 0 Å². The summed E-state index contributed by atoms with van der Waals surface area (Å²) in [7, 11) is 0. The van der Waals surface area contributed by atoms with E-state index >= 15 is 0 Å². The first-order valence-electron chi connectivity index (χ1n) is 1.82. The average molecular weight is 329 g/mol. The van der Waals surface area contributed by atoms with Crippen molar-refractivity contribution >= 4 is 11.9 Å². The van der Waals surface area contributed by atoms with E-state index < -0.39 is 11.9 Å². The van der Waals surface area contributed by atoms with Gasteiger partial charge in [0.1, 0.15) is 0 Å². The van der Waals surface area contributed by atoms with Crippen LogP contribution in [0.15, 0.2) is 0 Å². The summed E-state index contributed by atoms with van der Waals surface area (Å²) >= 11 is 0. The van der Waals surface area contributed by atoms with Crippen molar-refractivity contribution in [3.05, 3.63) is 0 Å². The van der Waals surface area contributed by atoms with Crippen LogP contribution in [0.4, 0.5) is 0 Å². The van der Waals surface area contributed by atoms with Gasteiger partial charge in [-0.3, -0.25) is 0 Å². The topological polar surface area (TPSA) is 115 Å². The smallest absolute Gasteiger partial charge is 1.00 e. The Morgan fingerprint density at radius 1 is 1.00 bits per heavy atom. The van der Waals surface area contributed by atoms with Crippen molar-refractivity contribution < 1.29 is 70.6 Å². The second-order valence-corrected chi connectivity index (χ2v) is 0.983. The van der Waals surface area contributed by atoms with Crippen LogP contribution in [0.25, 0.3) is 0 Å². The molecule has 0 aromatic rings. The number of hydrogen-bond acceptors (Lipinski definition) is 5. The second kappa shape index (κ2) is 30.1. The largest absolute Gasteiger partial charge is 2.00 e. The molecular formula is C4H9BrCoMnNO4+. The van der Waals surface area contributed by atoms with Gasteiger partial charge in [-0.15, -0.1) is 0 Å². The van der Waals surface area contributed by atoms with Crippen LogP contribution in [-0.2, 0) is 43.4 Å². The van der Waals surface area contributed by atoms with Gasteiger partial charge in [0, 0.05) is 11.9 Å². The fourth-order valence-electron chi connectivity index (χ4n) is 0. The number of carboxylic acid groups (broad SMARTS) is 2. The Balaban J connectivity index is -0.0000000112. The standard InChI is InChI=1S/2C2H4O2.BrH.Co.Mn.H3N/c2*1-2(3)4;;;;/h2*1H3,(H,3,4);1H;;;1H3/q;;;2*+2;/p-3. The zero-order chi connectivity index (χ0) is 7.15. The molecule has 8 heteroatoms. The quantitative estimate of drug-likeness (QED) is 0.446. The molecule has 0 saturated heterocycles. The summed E-state index contributed by atoms with van der Waals surface area (Å²) in [4.78, 5) is 17.8. The van der Waals surface area contributed by atoms with Gasteiger partial charge in [-0.1, -0.05) is 0 Å². The Morgan fingerprint density at radius 2 is 1.00 bits per heavy atom. The molecule has 0 aromatic heterocycles. The third-order valence-electron chi connectivity index (χ3n) is 0. The van der Waals surface area contributed by atoms with Gasteiger partial charge < -0.3 is 42.9 Å². The molecule has 0 aliphatic rings. The van der Waals surface area contributed by atoms with Gasteiger partial charge in [-0.25, -0.2) is 0 Å². The summed E-state index contributed by atoms with van der Waals surface area (Å²) in [6.45, 7) is 1.94. The third-order valence-corrected chi connectivity index (χ3v) is 0. The molecule has 5 nitrogen and oxygen atoms in total. The first kappa shape index (κ1) is 39.3. The Labute approximate surface area is 102 Å². The summed E-state index contributed by atoms with van der Waals surface area (Å²) in [6.07, 6.45) is 0. The van der Waals surface area contributed by atoms with Crippen LogP contribution in [0.2, 0.25) is 0 Å². The van der Waals surface area contributed by atoms with E-state index in [1.165, 1.54) is 0 Å². The molecule has 0 aliphatic heterocycles. The molecule has 3 N–H and O–H groups in total. The van der Waals surface area contributed by atoms with Crippen LogP contribution in [-0.4, -0.2) is 11.9 Å². The minimum absolute atomic E-state index is 0. The molecule has 76 valence electrons. The molecule has 0 heterocycles. The summed E-state index contributed by atoms with van der Waals surface area (Å²) in [5.74, 6) is -2.17. The second-order valence-electron chi connectivity index (χ2n) is 0.983. The summed E-state index contributed by atoms with van der Waals surface area (Å²) in [5.41, 5.74) is 0. The minimum atomic E-state index is -1.08. The molecule has 0 bridgehead atoms. The Bertz CT molecular complexity index is 85.1. The van der Waals surface area contributed by atoms with Gasteiger partial charge in [-0.2, -0.15) is 0 Å². The molecule has 0 unspecified atom stereocenters. The monoisotopic (exact) mass is 328 g/mol. The van der Waals surface area contributed by atoms with Gasteiger partial charge in [0.15, 0.2) is 0 Å². The average Bonchev–Trinajstić information content (AvgIpc) is 1.25. The maximum absolute atomic E-state index is 8.89. The van der Waals surface area contributed by atoms with E-state index in [1.807, 2.05) is 0 Å². The maximum Gasteiger partial charge on any atom is 2.00 e. The van der Waals surface area contributed by atoms with E-state index in [2.05, 4.69) is 0 Å². The summed E-state index contributed by atoms with van der Waals surface area (Å²) < 4.78 is 0. The van der Waals surface area contributed by atoms with Gasteiger partial charge in [0.25, 0.3) is 0 Å². The van der Waals surface area contributed by atoms with Crippen molar-refractivity contribution in [3.8, 4) is 0 Å². The maximum atomic E-state index is 8.89. The normalized spacial score (nSPS) is 4.17. The first-order chi connectivity index (χ1) is 3.46. The number of hydrogen-bond donors (Lipinski definition) is 1. The van der Waals surface area contributed by atoms with Gasteiger partial charge in [-0.05, 0) is 13.8 Å². The van der Waals surface area contributed by atoms with Crippen LogP contribution >= 0.6 is 0 Å². The molecule has 0 amide bonds. The summed E-state index contributed by atoms with van der Waals surface area (Å²) in [5, 5.41) is 17.8. The Hall–Kier alpha value is 0.406. The van der Waals surface area contributed by atoms with Crippen molar-refractivity contribution in [2.24, 2.45) is 0 Å². The van der Waals surface area contributed by atoms with E-state index in [4.69, 9.17) is 19.8 Å². The summed E-state index contributed by atoms with van der Waals surface area (Å²) in [6, 6.07) is 0. The zero-order valence-corrected chi connectivity index (χ0v) is 10.2. The minimum Gasteiger partial charge on any atom is -1.00 e. The molecular weight excluding hydrogens is 320 g/mol. The van der Waals surface area contributed by atoms with Crippen LogP contribution in [0, 0.1) is 0 Å². The van der Waals surface area contributed by atoms with Crippen molar-refractivity contribution in [2.45, 2.75) is 13.8 Å². The van der Waals surface area contributed by atoms with E-state index in [0.29, 0.717) is 0 Å². The van der Waals surface area contributed by atoms with Gasteiger partial charge >= 0.3 is 33.8 Å². The third kappa shape index (κ3) is 5590. The van der Waals surface area contributed by atoms with E-state index in [-0.39, 0.29) is 57.0 Å². The van der Waals surface area contributed by atoms with E-state index in [0.717, 1.165) is 13.8 Å². The number of halogens is 1. The molecule has 0 fully saturated rings. The van der Waals surface area contributed by atoms with Gasteiger partial charge in [0.2, 0.25) is 0 Å². The molecule has 0 rings (SSSR count). The Kier molecular flexibility index (Phi) is 98.6. The molecule has 2 radical (unpaired) electrons. The van der Waals surface area contributed by atoms with Crippen LogP contribution in [0.3, 0.4) is 0 Å². The van der Waals surface area contributed by atoms with Crippen LogP contribution in [0.5, 0.6) is 0 Å². The number of aliphatic carboxylic acids is 2. The fourth-order valence-corrected chi connectivity index (χ4v) is 0.